The highest BCUT2D eigenvalue weighted by atomic mass is 16.5. The molecule has 0 unspecified atom stereocenters. The van der Waals surface area contributed by atoms with E-state index in [4.69, 9.17) is 11.5 Å². The number of aromatic nitrogens is 1. The van der Waals surface area contributed by atoms with Gasteiger partial charge in [0.2, 0.25) is 5.88 Å². The minimum absolute atomic E-state index is 0.0486. The second-order valence-corrected chi connectivity index (χ2v) is 1.48. The van der Waals surface area contributed by atoms with Crippen molar-refractivity contribution >= 4 is 11.8 Å². The molecule has 5 nitrogen and oxygen atoms in total. The molecule has 0 aliphatic heterocycles. The van der Waals surface area contributed by atoms with Gasteiger partial charge >= 0.3 is 0 Å². The Labute approximate surface area is 50.6 Å². The minimum Gasteiger partial charge on any atom is -0.368 e. The zero-order valence-corrected chi connectivity index (χ0v) is 4.50. The summed E-state index contributed by atoms with van der Waals surface area (Å²) in [6.07, 6.45) is 0. The number of amides is 1. The Hall–Kier alpha value is -1.52. The first-order chi connectivity index (χ1) is 4.20. The van der Waals surface area contributed by atoms with Crippen molar-refractivity contribution in [2.45, 2.75) is 0 Å². The van der Waals surface area contributed by atoms with Gasteiger partial charge in [-0.05, 0) is 0 Å². The maximum absolute atomic E-state index is 10.3. The largest absolute Gasteiger partial charge is 0.368 e. The molecule has 0 saturated heterocycles. The lowest BCUT2D eigenvalue weighted by Crippen LogP contribution is -2.10. The van der Waals surface area contributed by atoms with Gasteiger partial charge in [-0.3, -0.25) is 4.79 Å². The van der Waals surface area contributed by atoms with Crippen molar-refractivity contribution in [1.82, 2.24) is 5.16 Å². The van der Waals surface area contributed by atoms with Gasteiger partial charge in [0.25, 0.3) is 5.91 Å². The van der Waals surface area contributed by atoms with E-state index in [0.29, 0.717) is 0 Å². The Bertz CT molecular complexity index is 229. The van der Waals surface area contributed by atoms with Crippen molar-refractivity contribution in [2.75, 3.05) is 5.73 Å². The molecule has 0 bridgehead atoms. The summed E-state index contributed by atoms with van der Waals surface area (Å²) in [5.41, 5.74) is 9.94. The molecule has 1 aromatic heterocycles. The van der Waals surface area contributed by atoms with Crippen LogP contribution in [-0.2, 0) is 0 Å². The topological polar surface area (TPSA) is 95.1 Å². The summed E-state index contributed by atoms with van der Waals surface area (Å²) in [7, 11) is 0. The Morgan fingerprint density at radius 3 is 2.67 bits per heavy atom. The van der Waals surface area contributed by atoms with Gasteiger partial charge in [-0.1, -0.05) is 5.16 Å². The summed E-state index contributed by atoms with van der Waals surface area (Å²) >= 11 is 0. The monoisotopic (exact) mass is 127 g/mol. The van der Waals surface area contributed by atoms with Crippen LogP contribution in [0.4, 0.5) is 5.88 Å². The SMILES string of the molecule is NC(=O)c1cc(N)on1. The number of rotatable bonds is 1. The molecule has 48 valence electrons. The van der Waals surface area contributed by atoms with Crippen LogP contribution in [0.3, 0.4) is 0 Å². The fourth-order valence-electron chi connectivity index (χ4n) is 0.405. The zero-order valence-electron chi connectivity index (χ0n) is 4.50. The van der Waals surface area contributed by atoms with Gasteiger partial charge in [0.1, 0.15) is 0 Å². The van der Waals surface area contributed by atoms with E-state index in [0.717, 1.165) is 0 Å². The number of nitrogens with two attached hydrogens (primary N) is 2. The standard InChI is InChI=1S/C4H5N3O2/c5-3-1-2(4(6)8)7-9-3/h1H,5H2,(H2,6,8). The number of primary amides is 1. The average molecular weight is 127 g/mol. The molecule has 1 rings (SSSR count). The van der Waals surface area contributed by atoms with Crippen LogP contribution in [0.5, 0.6) is 0 Å². The molecular weight excluding hydrogens is 122 g/mol. The highest BCUT2D eigenvalue weighted by Gasteiger charge is 2.04. The highest BCUT2D eigenvalue weighted by Crippen LogP contribution is 2.02. The van der Waals surface area contributed by atoms with Crippen molar-refractivity contribution in [2.24, 2.45) is 5.73 Å². The molecule has 9 heavy (non-hydrogen) atoms. The van der Waals surface area contributed by atoms with Gasteiger partial charge in [-0.15, -0.1) is 0 Å². The highest BCUT2D eigenvalue weighted by molar-refractivity contribution is 5.91. The normalized spacial score (nSPS) is 9.33. The number of nitrogen functional groups attached to an aromatic ring is 1. The number of nitrogens with zero attached hydrogens (tertiary/aromatic N) is 1. The zero-order chi connectivity index (χ0) is 6.85. The molecule has 0 aromatic carbocycles. The summed E-state index contributed by atoms with van der Waals surface area (Å²) in [6, 6.07) is 1.27. The first-order valence-electron chi connectivity index (χ1n) is 2.22. The predicted molar refractivity (Wildman–Crippen MR) is 29.4 cm³/mol. The molecule has 0 radical (unpaired) electrons. The molecular formula is C4H5N3O2. The number of carbonyl (C=O) groups excluding carboxylic acids is 1. The van der Waals surface area contributed by atoms with Crippen molar-refractivity contribution < 1.29 is 9.32 Å². The van der Waals surface area contributed by atoms with E-state index >= 15 is 0 Å². The molecule has 0 aliphatic rings. The van der Waals surface area contributed by atoms with Crippen LogP contribution in [0.15, 0.2) is 10.6 Å². The first-order valence-corrected chi connectivity index (χ1v) is 2.22. The predicted octanol–water partition coefficient (Wildman–Crippen LogP) is -0.644. The maximum atomic E-state index is 10.3. The summed E-state index contributed by atoms with van der Waals surface area (Å²) in [6.45, 7) is 0. The molecule has 0 spiro atoms. The molecule has 5 heteroatoms. The second kappa shape index (κ2) is 1.77. The molecule has 4 N–H and O–H groups in total. The Kier molecular flexibility index (Phi) is 1.11. The molecule has 0 atom stereocenters. The quantitative estimate of drug-likeness (QED) is 0.524. The van der Waals surface area contributed by atoms with Gasteiger partial charge in [0.05, 0.1) is 0 Å². The molecule has 0 fully saturated rings. The van der Waals surface area contributed by atoms with Crippen LogP contribution in [0.1, 0.15) is 10.5 Å². The fraction of sp³-hybridized carbons (Fsp3) is 0. The molecule has 0 aliphatic carbocycles. The average Bonchev–Trinajstić information content (AvgIpc) is 2.14. The number of carbonyl (C=O) groups is 1. The Balaban J connectivity index is 2.98. The minimum atomic E-state index is -0.643. The number of hydrogen-bond donors (Lipinski definition) is 2. The van der Waals surface area contributed by atoms with Crippen molar-refractivity contribution in [3.63, 3.8) is 0 Å². The third kappa shape index (κ3) is 0.987. The lowest BCUT2D eigenvalue weighted by molar-refractivity contribution is 0.0992. The van der Waals surface area contributed by atoms with E-state index < -0.39 is 5.91 Å². The summed E-state index contributed by atoms with van der Waals surface area (Å²) in [5.74, 6) is -0.556. The third-order valence-electron chi connectivity index (χ3n) is 0.781. The van der Waals surface area contributed by atoms with E-state index in [1.165, 1.54) is 6.07 Å². The third-order valence-corrected chi connectivity index (χ3v) is 0.781. The van der Waals surface area contributed by atoms with Crippen LogP contribution < -0.4 is 11.5 Å². The molecule has 0 saturated carbocycles. The van der Waals surface area contributed by atoms with Gasteiger partial charge in [-0.2, -0.15) is 0 Å². The van der Waals surface area contributed by atoms with Gasteiger partial charge in [0, 0.05) is 6.07 Å². The lowest BCUT2D eigenvalue weighted by Gasteiger charge is -1.76. The van der Waals surface area contributed by atoms with E-state index in [1.807, 2.05) is 0 Å². The molecule has 1 aromatic rings. The molecule has 1 heterocycles. The summed E-state index contributed by atoms with van der Waals surface area (Å²) in [5, 5.41) is 3.24. The van der Waals surface area contributed by atoms with E-state index in [2.05, 4.69) is 9.68 Å². The van der Waals surface area contributed by atoms with Crippen LogP contribution >= 0.6 is 0 Å². The lowest BCUT2D eigenvalue weighted by atomic mass is 10.4. The van der Waals surface area contributed by atoms with E-state index in [1.54, 1.807) is 0 Å². The number of anilines is 1. The van der Waals surface area contributed by atoms with Crippen molar-refractivity contribution in [3.8, 4) is 0 Å². The van der Waals surface area contributed by atoms with Crippen molar-refractivity contribution in [3.05, 3.63) is 11.8 Å². The van der Waals surface area contributed by atoms with Gasteiger partial charge in [-0.25, -0.2) is 0 Å². The van der Waals surface area contributed by atoms with Crippen LogP contribution in [0, 0.1) is 0 Å². The first kappa shape index (κ1) is 5.61. The van der Waals surface area contributed by atoms with E-state index in [-0.39, 0.29) is 11.6 Å². The van der Waals surface area contributed by atoms with Crippen LogP contribution in [0.2, 0.25) is 0 Å². The van der Waals surface area contributed by atoms with Crippen molar-refractivity contribution in [1.29, 1.82) is 0 Å². The number of hydrogen-bond acceptors (Lipinski definition) is 4. The summed E-state index contributed by atoms with van der Waals surface area (Å²) < 4.78 is 4.35. The Morgan fingerprint density at radius 1 is 1.78 bits per heavy atom. The Morgan fingerprint density at radius 2 is 2.44 bits per heavy atom. The fourth-order valence-corrected chi connectivity index (χ4v) is 0.405. The smallest absolute Gasteiger partial charge is 0.270 e. The van der Waals surface area contributed by atoms with E-state index in [9.17, 15) is 4.79 Å². The summed E-state index contributed by atoms with van der Waals surface area (Å²) in [4.78, 5) is 10.3. The van der Waals surface area contributed by atoms with Gasteiger partial charge in [0.15, 0.2) is 5.69 Å². The second-order valence-electron chi connectivity index (χ2n) is 1.48. The van der Waals surface area contributed by atoms with Crippen LogP contribution in [-0.4, -0.2) is 11.1 Å². The molecule has 1 amide bonds. The maximum Gasteiger partial charge on any atom is 0.270 e. The van der Waals surface area contributed by atoms with Gasteiger partial charge < -0.3 is 16.0 Å². The van der Waals surface area contributed by atoms with Crippen LogP contribution in [0.25, 0.3) is 0 Å².